The maximum atomic E-state index is 11.0. The van der Waals surface area contributed by atoms with Crippen LogP contribution in [0.4, 0.5) is 0 Å². The molecule has 1 aromatic rings. The van der Waals surface area contributed by atoms with Gasteiger partial charge in [-0.25, -0.2) is 4.98 Å². The number of ether oxygens (including phenoxy) is 1. The molecule has 1 unspecified atom stereocenters. The SMILES string of the molecule is COC(=O)C(N)CSCCn1ccnc1. The van der Waals surface area contributed by atoms with Gasteiger partial charge in [0.2, 0.25) is 0 Å². The first-order valence-electron chi connectivity index (χ1n) is 4.61. The van der Waals surface area contributed by atoms with Crippen molar-refractivity contribution in [2.75, 3.05) is 18.6 Å². The predicted octanol–water partition coefficient (Wildman–Crippen LogP) is 0.117. The Morgan fingerprint density at radius 3 is 3.13 bits per heavy atom. The average Bonchev–Trinajstić information content (AvgIpc) is 2.75. The quantitative estimate of drug-likeness (QED) is 0.554. The molecular weight excluding hydrogens is 214 g/mol. The van der Waals surface area contributed by atoms with Gasteiger partial charge < -0.3 is 15.0 Å². The number of aromatic nitrogens is 2. The zero-order valence-electron chi connectivity index (χ0n) is 8.63. The van der Waals surface area contributed by atoms with Gasteiger partial charge in [-0.1, -0.05) is 0 Å². The number of rotatable bonds is 6. The Balaban J connectivity index is 2.09. The first kappa shape index (κ1) is 12.1. The van der Waals surface area contributed by atoms with E-state index in [9.17, 15) is 4.79 Å². The third-order valence-corrected chi connectivity index (χ3v) is 2.92. The van der Waals surface area contributed by atoms with E-state index in [1.807, 2.05) is 10.8 Å². The van der Waals surface area contributed by atoms with Crippen molar-refractivity contribution in [3.8, 4) is 0 Å². The van der Waals surface area contributed by atoms with E-state index in [-0.39, 0.29) is 5.97 Å². The van der Waals surface area contributed by atoms with Gasteiger partial charge in [-0.2, -0.15) is 11.8 Å². The summed E-state index contributed by atoms with van der Waals surface area (Å²) in [6.07, 6.45) is 5.41. The highest BCUT2D eigenvalue weighted by Crippen LogP contribution is 2.03. The molecule has 1 aromatic heterocycles. The number of hydrogen-bond acceptors (Lipinski definition) is 5. The van der Waals surface area contributed by atoms with Crippen molar-refractivity contribution in [1.29, 1.82) is 0 Å². The van der Waals surface area contributed by atoms with Crippen molar-refractivity contribution >= 4 is 17.7 Å². The molecule has 1 rings (SSSR count). The molecule has 0 radical (unpaired) electrons. The number of carbonyl (C=O) groups excluding carboxylic acids is 1. The van der Waals surface area contributed by atoms with E-state index in [0.29, 0.717) is 5.75 Å². The Labute approximate surface area is 93.0 Å². The molecule has 0 aliphatic heterocycles. The number of thioether (sulfide) groups is 1. The summed E-state index contributed by atoms with van der Waals surface area (Å²) >= 11 is 1.63. The Hall–Kier alpha value is -1.01. The van der Waals surface area contributed by atoms with Gasteiger partial charge in [0.15, 0.2) is 0 Å². The molecule has 0 fully saturated rings. The summed E-state index contributed by atoms with van der Waals surface area (Å²) in [6.45, 7) is 0.874. The largest absolute Gasteiger partial charge is 0.468 e. The third-order valence-electron chi connectivity index (χ3n) is 1.85. The lowest BCUT2D eigenvalue weighted by molar-refractivity contribution is -0.141. The van der Waals surface area contributed by atoms with Gasteiger partial charge in [0.1, 0.15) is 6.04 Å². The summed E-state index contributed by atoms with van der Waals surface area (Å²) in [6, 6.07) is -0.525. The molecule has 6 heteroatoms. The van der Waals surface area contributed by atoms with E-state index >= 15 is 0 Å². The zero-order chi connectivity index (χ0) is 11.1. The van der Waals surface area contributed by atoms with E-state index in [1.165, 1.54) is 7.11 Å². The van der Waals surface area contributed by atoms with Gasteiger partial charge in [-0.3, -0.25) is 4.79 Å². The van der Waals surface area contributed by atoms with Crippen LogP contribution < -0.4 is 5.73 Å². The monoisotopic (exact) mass is 229 g/mol. The normalized spacial score (nSPS) is 12.4. The number of carbonyl (C=O) groups is 1. The molecule has 15 heavy (non-hydrogen) atoms. The van der Waals surface area contributed by atoms with Crippen LogP contribution in [-0.2, 0) is 16.1 Å². The highest BCUT2D eigenvalue weighted by molar-refractivity contribution is 7.99. The standard InChI is InChI=1S/C9H15N3O2S/c1-14-9(13)8(10)6-15-5-4-12-3-2-11-7-12/h2-3,7-8H,4-6,10H2,1H3. The molecule has 5 nitrogen and oxygen atoms in total. The van der Waals surface area contributed by atoms with Gasteiger partial charge in [0, 0.05) is 30.4 Å². The van der Waals surface area contributed by atoms with Gasteiger partial charge in [0.25, 0.3) is 0 Å². The average molecular weight is 229 g/mol. The minimum absolute atomic E-state index is 0.356. The molecule has 0 aromatic carbocycles. The smallest absolute Gasteiger partial charge is 0.323 e. The molecule has 0 bridgehead atoms. The molecular formula is C9H15N3O2S. The van der Waals surface area contributed by atoms with Crippen molar-refractivity contribution in [3.05, 3.63) is 18.7 Å². The van der Waals surface area contributed by atoms with Gasteiger partial charge in [-0.15, -0.1) is 0 Å². The fourth-order valence-electron chi connectivity index (χ4n) is 1.02. The Morgan fingerprint density at radius 1 is 1.73 bits per heavy atom. The van der Waals surface area contributed by atoms with Crippen molar-refractivity contribution in [2.24, 2.45) is 5.73 Å². The number of nitrogens with two attached hydrogens (primary N) is 1. The molecule has 84 valence electrons. The fourth-order valence-corrected chi connectivity index (χ4v) is 1.92. The van der Waals surface area contributed by atoms with Crippen LogP contribution in [-0.4, -0.2) is 40.2 Å². The molecule has 0 aliphatic carbocycles. The predicted molar refractivity (Wildman–Crippen MR) is 59.5 cm³/mol. The summed E-state index contributed by atoms with van der Waals surface area (Å²) in [4.78, 5) is 14.9. The van der Waals surface area contributed by atoms with Crippen LogP contribution in [0, 0.1) is 0 Å². The lowest BCUT2D eigenvalue weighted by Crippen LogP contribution is -2.34. The first-order valence-corrected chi connectivity index (χ1v) is 5.76. The van der Waals surface area contributed by atoms with Crippen LogP contribution in [0.5, 0.6) is 0 Å². The molecule has 0 saturated heterocycles. The van der Waals surface area contributed by atoms with E-state index in [0.717, 1.165) is 12.3 Å². The number of hydrogen-bond donors (Lipinski definition) is 1. The van der Waals surface area contributed by atoms with Crippen LogP contribution in [0.3, 0.4) is 0 Å². The lowest BCUT2D eigenvalue weighted by atomic mass is 10.4. The van der Waals surface area contributed by atoms with Gasteiger partial charge in [0.05, 0.1) is 13.4 Å². The summed E-state index contributed by atoms with van der Waals surface area (Å²) in [5.41, 5.74) is 5.57. The van der Waals surface area contributed by atoms with E-state index in [4.69, 9.17) is 5.73 Å². The molecule has 0 spiro atoms. The van der Waals surface area contributed by atoms with Crippen molar-refractivity contribution < 1.29 is 9.53 Å². The molecule has 0 amide bonds. The lowest BCUT2D eigenvalue weighted by Gasteiger charge is -2.08. The molecule has 0 saturated carbocycles. The number of imidazole rings is 1. The topological polar surface area (TPSA) is 70.1 Å². The number of nitrogens with zero attached hydrogens (tertiary/aromatic N) is 2. The first-order chi connectivity index (χ1) is 7.24. The van der Waals surface area contributed by atoms with Crippen LogP contribution in [0.1, 0.15) is 0 Å². The summed E-state index contributed by atoms with van der Waals surface area (Å²) in [5, 5.41) is 0. The minimum Gasteiger partial charge on any atom is -0.468 e. The molecule has 0 aliphatic rings. The minimum atomic E-state index is -0.525. The second-order valence-electron chi connectivity index (χ2n) is 3.01. The Bertz CT molecular complexity index is 290. The van der Waals surface area contributed by atoms with Crippen LogP contribution in [0.15, 0.2) is 18.7 Å². The number of methoxy groups -OCH3 is 1. The highest BCUT2D eigenvalue weighted by atomic mass is 32.2. The number of aryl methyl sites for hydroxylation is 1. The van der Waals surface area contributed by atoms with Gasteiger partial charge >= 0.3 is 5.97 Å². The van der Waals surface area contributed by atoms with Crippen LogP contribution >= 0.6 is 11.8 Å². The second kappa shape index (κ2) is 6.47. The van der Waals surface area contributed by atoms with E-state index in [1.54, 1.807) is 24.3 Å². The van der Waals surface area contributed by atoms with Crippen molar-refractivity contribution in [1.82, 2.24) is 9.55 Å². The number of esters is 1. The maximum Gasteiger partial charge on any atom is 0.323 e. The van der Waals surface area contributed by atoms with E-state index in [2.05, 4.69) is 9.72 Å². The van der Waals surface area contributed by atoms with Gasteiger partial charge in [-0.05, 0) is 0 Å². The summed E-state index contributed by atoms with van der Waals surface area (Å²) in [5.74, 6) is 1.13. The van der Waals surface area contributed by atoms with Crippen LogP contribution in [0.25, 0.3) is 0 Å². The Kier molecular flexibility index (Phi) is 5.20. The maximum absolute atomic E-state index is 11.0. The summed E-state index contributed by atoms with van der Waals surface area (Å²) in [7, 11) is 1.35. The molecule has 2 N–H and O–H groups in total. The van der Waals surface area contributed by atoms with Crippen LogP contribution in [0.2, 0.25) is 0 Å². The highest BCUT2D eigenvalue weighted by Gasteiger charge is 2.12. The fraction of sp³-hybridized carbons (Fsp3) is 0.556. The molecule has 1 heterocycles. The molecule has 1 atom stereocenters. The van der Waals surface area contributed by atoms with E-state index < -0.39 is 6.04 Å². The second-order valence-corrected chi connectivity index (χ2v) is 4.15. The zero-order valence-corrected chi connectivity index (χ0v) is 9.44. The third kappa shape index (κ3) is 4.35. The van der Waals surface area contributed by atoms with Crippen molar-refractivity contribution in [2.45, 2.75) is 12.6 Å². The Morgan fingerprint density at radius 2 is 2.53 bits per heavy atom. The van der Waals surface area contributed by atoms with Crippen molar-refractivity contribution in [3.63, 3.8) is 0 Å². The summed E-state index contributed by atoms with van der Waals surface area (Å²) < 4.78 is 6.51.